The Morgan fingerprint density at radius 3 is 2.36 bits per heavy atom. The van der Waals surface area contributed by atoms with Gasteiger partial charge in [0, 0.05) is 26.6 Å². The number of likely N-dealkylation sites (tertiary alicyclic amines) is 1. The summed E-state index contributed by atoms with van der Waals surface area (Å²) in [5.41, 5.74) is 2.93. The smallest absolute Gasteiger partial charge is 0.228 e. The number of nitrogens with zero attached hydrogens (tertiary/aromatic N) is 1. The molecule has 0 spiro atoms. The average Bonchev–Trinajstić information content (AvgIpc) is 2.74. The molecule has 148 valence electrons. The molecule has 3 rings (SSSR count). The van der Waals surface area contributed by atoms with Crippen molar-refractivity contribution >= 4 is 11.8 Å². The minimum atomic E-state index is -0.551. The molecule has 4 nitrogen and oxygen atoms in total. The topological polar surface area (TPSA) is 49.4 Å². The lowest BCUT2D eigenvalue weighted by atomic mass is 9.74. The van der Waals surface area contributed by atoms with Crippen molar-refractivity contribution in [1.82, 2.24) is 10.2 Å². The van der Waals surface area contributed by atoms with E-state index in [1.54, 1.807) is 7.05 Å². The van der Waals surface area contributed by atoms with Crippen LogP contribution in [0.2, 0.25) is 0 Å². The van der Waals surface area contributed by atoms with Crippen molar-refractivity contribution in [2.45, 2.75) is 39.0 Å². The van der Waals surface area contributed by atoms with Crippen molar-refractivity contribution in [2.75, 3.05) is 20.1 Å². The van der Waals surface area contributed by atoms with Crippen LogP contribution in [0.5, 0.6) is 0 Å². The summed E-state index contributed by atoms with van der Waals surface area (Å²) in [5.74, 6) is 0.198. The zero-order chi connectivity index (χ0) is 20.0. The number of nitrogens with one attached hydrogen (secondary N) is 1. The Hall–Kier alpha value is -2.62. The minimum absolute atomic E-state index is 0.0358. The molecule has 1 saturated heterocycles. The zero-order valence-electron chi connectivity index (χ0n) is 16.9. The fourth-order valence-electron chi connectivity index (χ4n) is 4.23. The molecule has 0 aromatic heterocycles. The minimum Gasteiger partial charge on any atom is -0.359 e. The molecule has 0 aliphatic carbocycles. The summed E-state index contributed by atoms with van der Waals surface area (Å²) in [4.78, 5) is 27.2. The van der Waals surface area contributed by atoms with Gasteiger partial charge in [-0.2, -0.15) is 0 Å². The van der Waals surface area contributed by atoms with Gasteiger partial charge in [-0.05, 0) is 42.4 Å². The number of amides is 2. The Morgan fingerprint density at radius 1 is 1.04 bits per heavy atom. The van der Waals surface area contributed by atoms with Crippen LogP contribution in [0.4, 0.5) is 0 Å². The van der Waals surface area contributed by atoms with Gasteiger partial charge < -0.3 is 10.2 Å². The van der Waals surface area contributed by atoms with Gasteiger partial charge in [0.05, 0.1) is 5.41 Å². The SMILES string of the molecule is CCCC(=O)N1CCC[C@@](Cc2ccc(-c3ccccc3)cc2)(C(=O)NC)C1. The maximum absolute atomic E-state index is 12.9. The second kappa shape index (κ2) is 9.05. The number of rotatable bonds is 6. The molecule has 28 heavy (non-hydrogen) atoms. The maximum atomic E-state index is 12.9. The first-order chi connectivity index (χ1) is 13.6. The van der Waals surface area contributed by atoms with Crippen LogP contribution in [0.25, 0.3) is 11.1 Å². The molecule has 2 aromatic rings. The highest BCUT2D eigenvalue weighted by molar-refractivity contribution is 5.84. The summed E-state index contributed by atoms with van der Waals surface area (Å²) in [5, 5.41) is 2.85. The van der Waals surface area contributed by atoms with Gasteiger partial charge in [0.2, 0.25) is 11.8 Å². The monoisotopic (exact) mass is 378 g/mol. The second-order valence-corrected chi connectivity index (χ2v) is 7.77. The van der Waals surface area contributed by atoms with Crippen LogP contribution in [-0.2, 0) is 16.0 Å². The molecule has 4 heteroatoms. The Kier molecular flexibility index (Phi) is 6.50. The van der Waals surface area contributed by atoms with Gasteiger partial charge >= 0.3 is 0 Å². The van der Waals surface area contributed by atoms with E-state index in [9.17, 15) is 9.59 Å². The maximum Gasteiger partial charge on any atom is 0.228 e. The number of hydrogen-bond donors (Lipinski definition) is 1. The van der Waals surface area contributed by atoms with E-state index >= 15 is 0 Å². The molecule has 2 amide bonds. The molecule has 2 aromatic carbocycles. The lowest BCUT2D eigenvalue weighted by Gasteiger charge is -2.41. The third-order valence-electron chi connectivity index (χ3n) is 5.71. The first-order valence-corrected chi connectivity index (χ1v) is 10.2. The van der Waals surface area contributed by atoms with Gasteiger partial charge in [0.1, 0.15) is 0 Å². The molecular formula is C24H30N2O2. The third-order valence-corrected chi connectivity index (χ3v) is 5.71. The van der Waals surface area contributed by atoms with Crippen LogP contribution in [0.3, 0.4) is 0 Å². The highest BCUT2D eigenvalue weighted by Gasteiger charge is 2.42. The molecule has 0 saturated carbocycles. The summed E-state index contributed by atoms with van der Waals surface area (Å²) in [6.45, 7) is 3.28. The van der Waals surface area contributed by atoms with Crippen molar-refractivity contribution in [1.29, 1.82) is 0 Å². The van der Waals surface area contributed by atoms with Gasteiger partial charge in [0.25, 0.3) is 0 Å². The molecular weight excluding hydrogens is 348 g/mol. The number of piperidine rings is 1. The Morgan fingerprint density at radius 2 is 1.71 bits per heavy atom. The lowest BCUT2D eigenvalue weighted by molar-refractivity contribution is -0.141. The molecule has 0 radical (unpaired) electrons. The first kappa shape index (κ1) is 20.1. The standard InChI is InChI=1S/C24H30N2O2/c1-3-8-22(27)26-16-7-15-24(18-26,23(28)25-2)17-19-11-13-21(14-12-19)20-9-5-4-6-10-20/h4-6,9-14H,3,7-8,15-18H2,1-2H3,(H,25,28)/t24-/m0/s1. The van der Waals surface area contributed by atoms with Crippen molar-refractivity contribution < 1.29 is 9.59 Å². The fourth-order valence-corrected chi connectivity index (χ4v) is 4.23. The van der Waals surface area contributed by atoms with E-state index in [4.69, 9.17) is 0 Å². The quantitative estimate of drug-likeness (QED) is 0.824. The predicted octanol–water partition coefficient (Wildman–Crippen LogP) is 4.05. The van der Waals surface area contributed by atoms with E-state index < -0.39 is 5.41 Å². The second-order valence-electron chi connectivity index (χ2n) is 7.77. The van der Waals surface area contributed by atoms with Crippen LogP contribution in [-0.4, -0.2) is 36.9 Å². The Labute approximate surface area is 167 Å². The Balaban J connectivity index is 1.81. The highest BCUT2D eigenvalue weighted by Crippen LogP contribution is 2.35. The number of hydrogen-bond acceptors (Lipinski definition) is 2. The fraction of sp³-hybridized carbons (Fsp3) is 0.417. The van der Waals surface area contributed by atoms with Crippen LogP contribution in [0.1, 0.15) is 38.2 Å². The van der Waals surface area contributed by atoms with E-state index in [1.807, 2.05) is 30.0 Å². The largest absolute Gasteiger partial charge is 0.359 e. The normalized spacial score (nSPS) is 19.3. The third kappa shape index (κ3) is 4.44. The molecule has 1 fully saturated rings. The summed E-state index contributed by atoms with van der Waals surface area (Å²) >= 11 is 0. The van der Waals surface area contributed by atoms with Gasteiger partial charge in [-0.1, -0.05) is 61.5 Å². The van der Waals surface area contributed by atoms with E-state index in [0.717, 1.165) is 31.4 Å². The van der Waals surface area contributed by atoms with Gasteiger partial charge in [0.15, 0.2) is 0 Å². The van der Waals surface area contributed by atoms with Crippen molar-refractivity contribution in [3.05, 3.63) is 60.2 Å². The lowest BCUT2D eigenvalue weighted by Crippen LogP contribution is -2.53. The molecule has 0 unspecified atom stereocenters. The van der Waals surface area contributed by atoms with Gasteiger partial charge in [-0.3, -0.25) is 9.59 Å². The van der Waals surface area contributed by atoms with Crippen LogP contribution >= 0.6 is 0 Å². The van der Waals surface area contributed by atoms with E-state index in [1.165, 1.54) is 11.1 Å². The molecule has 1 heterocycles. The average molecular weight is 379 g/mol. The van der Waals surface area contributed by atoms with Gasteiger partial charge in [-0.25, -0.2) is 0 Å². The summed E-state index contributed by atoms with van der Waals surface area (Å²) in [7, 11) is 1.69. The highest BCUT2D eigenvalue weighted by atomic mass is 16.2. The summed E-state index contributed by atoms with van der Waals surface area (Å²) in [6.07, 6.45) is 3.71. The van der Waals surface area contributed by atoms with Crippen LogP contribution in [0, 0.1) is 5.41 Å². The van der Waals surface area contributed by atoms with E-state index in [2.05, 4.69) is 41.7 Å². The summed E-state index contributed by atoms with van der Waals surface area (Å²) in [6, 6.07) is 18.7. The molecule has 1 N–H and O–H groups in total. The molecule has 1 aliphatic heterocycles. The van der Waals surface area contributed by atoms with E-state index in [-0.39, 0.29) is 11.8 Å². The van der Waals surface area contributed by atoms with E-state index in [0.29, 0.717) is 19.4 Å². The van der Waals surface area contributed by atoms with Crippen molar-refractivity contribution in [2.24, 2.45) is 5.41 Å². The van der Waals surface area contributed by atoms with Crippen LogP contribution in [0.15, 0.2) is 54.6 Å². The first-order valence-electron chi connectivity index (χ1n) is 10.2. The number of carbonyl (C=O) groups is 2. The molecule has 1 atom stereocenters. The summed E-state index contributed by atoms with van der Waals surface area (Å²) < 4.78 is 0. The molecule has 1 aliphatic rings. The predicted molar refractivity (Wildman–Crippen MR) is 113 cm³/mol. The van der Waals surface area contributed by atoms with Crippen molar-refractivity contribution in [3.8, 4) is 11.1 Å². The van der Waals surface area contributed by atoms with Crippen molar-refractivity contribution in [3.63, 3.8) is 0 Å². The number of benzene rings is 2. The van der Waals surface area contributed by atoms with Crippen LogP contribution < -0.4 is 5.32 Å². The Bertz CT molecular complexity index is 801. The van der Waals surface area contributed by atoms with Gasteiger partial charge in [-0.15, -0.1) is 0 Å². The molecule has 0 bridgehead atoms. The number of carbonyl (C=O) groups excluding carboxylic acids is 2. The zero-order valence-corrected chi connectivity index (χ0v) is 16.9.